The molecule has 2 N–H and O–H groups in total. The highest BCUT2D eigenvalue weighted by Gasteiger charge is 2.24. The molecule has 2 heterocycles. The van der Waals surface area contributed by atoms with Crippen molar-refractivity contribution in [3.05, 3.63) is 16.1 Å². The lowest BCUT2D eigenvalue weighted by atomic mass is 10.1. The summed E-state index contributed by atoms with van der Waals surface area (Å²) in [6, 6.07) is 0.472. The van der Waals surface area contributed by atoms with Crippen LogP contribution in [0.2, 0.25) is 0 Å². The van der Waals surface area contributed by atoms with Gasteiger partial charge in [0.15, 0.2) is 0 Å². The number of rotatable bonds is 5. The van der Waals surface area contributed by atoms with Gasteiger partial charge in [-0.15, -0.1) is 11.3 Å². The Morgan fingerprint density at radius 2 is 2.33 bits per heavy atom. The summed E-state index contributed by atoms with van der Waals surface area (Å²) in [6.07, 6.45) is 2.28. The van der Waals surface area contributed by atoms with Gasteiger partial charge in [-0.05, 0) is 19.9 Å². The smallest absolute Gasteiger partial charge is 0.0928 e. The minimum atomic E-state index is 0.472. The Morgan fingerprint density at radius 1 is 1.50 bits per heavy atom. The van der Waals surface area contributed by atoms with Gasteiger partial charge in [0.25, 0.3) is 0 Å². The first kappa shape index (κ1) is 13.9. The van der Waals surface area contributed by atoms with E-state index in [1.165, 1.54) is 17.1 Å². The second-order valence-electron chi connectivity index (χ2n) is 5.10. The van der Waals surface area contributed by atoms with Crippen molar-refractivity contribution in [3.8, 4) is 0 Å². The van der Waals surface area contributed by atoms with Crippen LogP contribution in [0, 0.1) is 0 Å². The summed E-state index contributed by atoms with van der Waals surface area (Å²) in [7, 11) is 2.17. The van der Waals surface area contributed by atoms with E-state index >= 15 is 0 Å². The van der Waals surface area contributed by atoms with Gasteiger partial charge in [-0.25, -0.2) is 4.98 Å². The zero-order valence-corrected chi connectivity index (χ0v) is 12.2. The third kappa shape index (κ3) is 3.51. The van der Waals surface area contributed by atoms with Crippen LogP contribution in [0.3, 0.4) is 0 Å². The van der Waals surface area contributed by atoms with E-state index in [2.05, 4.69) is 29.2 Å². The first-order valence-corrected chi connectivity index (χ1v) is 7.66. The Hall–Kier alpha value is -0.490. The number of hydrogen-bond donors (Lipinski definition) is 1. The molecule has 0 radical (unpaired) electrons. The molecule has 0 aromatic carbocycles. The first-order chi connectivity index (χ1) is 8.72. The molecule has 1 aliphatic heterocycles. The average Bonchev–Trinajstić information content (AvgIpc) is 2.79. The Balaban J connectivity index is 1.94. The van der Waals surface area contributed by atoms with Crippen molar-refractivity contribution >= 4 is 11.3 Å². The molecule has 1 unspecified atom stereocenters. The van der Waals surface area contributed by atoms with Crippen LogP contribution in [0.4, 0.5) is 0 Å². The Bertz CT molecular complexity index is 366. The summed E-state index contributed by atoms with van der Waals surface area (Å²) >= 11 is 1.79. The molecule has 0 amide bonds. The quantitative estimate of drug-likeness (QED) is 0.871. The topological polar surface area (TPSA) is 45.4 Å². The number of likely N-dealkylation sites (N-methyl/N-ethyl adjacent to an activating group) is 1. The number of aromatic nitrogens is 1. The summed E-state index contributed by atoms with van der Waals surface area (Å²) in [5.41, 5.74) is 7.09. The first-order valence-electron chi connectivity index (χ1n) is 6.78. The molecule has 102 valence electrons. The summed E-state index contributed by atoms with van der Waals surface area (Å²) in [6.45, 7) is 7.18. The van der Waals surface area contributed by atoms with Gasteiger partial charge in [0.2, 0.25) is 0 Å². The number of thiazole rings is 1. The molecule has 2 rings (SSSR count). The fraction of sp³-hybridized carbons (Fsp3) is 0.769. The van der Waals surface area contributed by atoms with Crippen LogP contribution >= 0.6 is 11.3 Å². The van der Waals surface area contributed by atoms with E-state index in [0.29, 0.717) is 6.04 Å². The zero-order valence-electron chi connectivity index (χ0n) is 11.4. The van der Waals surface area contributed by atoms with Crippen LogP contribution in [0.1, 0.15) is 24.0 Å². The monoisotopic (exact) mass is 268 g/mol. The normalized spacial score (nSPS) is 22.5. The van der Waals surface area contributed by atoms with Crippen LogP contribution in [0.5, 0.6) is 0 Å². The van der Waals surface area contributed by atoms with Crippen molar-refractivity contribution in [3.63, 3.8) is 0 Å². The minimum absolute atomic E-state index is 0.472. The molecule has 18 heavy (non-hydrogen) atoms. The molecule has 4 nitrogen and oxygen atoms in total. The van der Waals surface area contributed by atoms with E-state index in [1.807, 2.05) is 0 Å². The zero-order chi connectivity index (χ0) is 13.0. The average molecular weight is 268 g/mol. The fourth-order valence-electron chi connectivity index (χ4n) is 2.44. The van der Waals surface area contributed by atoms with E-state index in [1.54, 1.807) is 11.3 Å². The molecule has 1 aromatic rings. The van der Waals surface area contributed by atoms with Crippen molar-refractivity contribution in [2.75, 3.05) is 33.2 Å². The Labute approximate surface area is 114 Å². The van der Waals surface area contributed by atoms with Gasteiger partial charge in [-0.3, -0.25) is 4.90 Å². The van der Waals surface area contributed by atoms with Crippen molar-refractivity contribution in [1.82, 2.24) is 14.8 Å². The second kappa shape index (κ2) is 6.61. The Morgan fingerprint density at radius 3 is 3.06 bits per heavy atom. The maximum absolute atomic E-state index is 5.88. The summed E-state index contributed by atoms with van der Waals surface area (Å²) < 4.78 is 0. The van der Waals surface area contributed by atoms with E-state index < -0.39 is 0 Å². The van der Waals surface area contributed by atoms with Gasteiger partial charge >= 0.3 is 0 Å². The highest BCUT2D eigenvalue weighted by molar-refractivity contribution is 7.09. The second-order valence-corrected chi connectivity index (χ2v) is 6.05. The van der Waals surface area contributed by atoms with Crippen molar-refractivity contribution in [2.24, 2.45) is 5.73 Å². The van der Waals surface area contributed by atoms with Crippen molar-refractivity contribution < 1.29 is 0 Å². The maximum atomic E-state index is 5.88. The predicted molar refractivity (Wildman–Crippen MR) is 76.9 cm³/mol. The SMILES string of the molecule is CCCc1nc(CN2CCN(C)CC2CN)cs1. The lowest BCUT2D eigenvalue weighted by Crippen LogP contribution is -2.54. The van der Waals surface area contributed by atoms with Gasteiger partial charge in [0.05, 0.1) is 10.7 Å². The predicted octanol–water partition coefficient (Wildman–Crippen LogP) is 1.17. The number of hydrogen-bond acceptors (Lipinski definition) is 5. The third-order valence-electron chi connectivity index (χ3n) is 3.51. The van der Waals surface area contributed by atoms with Crippen LogP contribution in [0.25, 0.3) is 0 Å². The molecule has 1 fully saturated rings. The molecule has 0 saturated carbocycles. The number of nitrogens with zero attached hydrogens (tertiary/aromatic N) is 3. The van der Waals surface area contributed by atoms with Gasteiger partial charge in [0, 0.05) is 44.1 Å². The number of nitrogens with two attached hydrogens (primary N) is 1. The molecular formula is C13H24N4S. The molecule has 0 aliphatic carbocycles. The van der Waals surface area contributed by atoms with E-state index in [9.17, 15) is 0 Å². The lowest BCUT2D eigenvalue weighted by molar-refractivity contribution is 0.0871. The molecule has 1 atom stereocenters. The molecular weight excluding hydrogens is 244 g/mol. The third-order valence-corrected chi connectivity index (χ3v) is 4.47. The van der Waals surface area contributed by atoms with Gasteiger partial charge in [-0.2, -0.15) is 0 Å². The molecule has 5 heteroatoms. The van der Waals surface area contributed by atoms with Gasteiger partial charge < -0.3 is 10.6 Å². The standard InChI is InChI=1S/C13H24N4S/c1-3-4-13-15-11(10-18-13)8-17-6-5-16(2)9-12(17)7-14/h10,12H,3-9,14H2,1-2H3. The minimum Gasteiger partial charge on any atom is -0.329 e. The number of aryl methyl sites for hydroxylation is 1. The summed E-state index contributed by atoms with van der Waals surface area (Å²) in [4.78, 5) is 9.54. The van der Waals surface area contributed by atoms with E-state index in [4.69, 9.17) is 10.7 Å². The number of piperazine rings is 1. The summed E-state index contributed by atoms with van der Waals surface area (Å²) in [5.74, 6) is 0. The van der Waals surface area contributed by atoms with E-state index in [-0.39, 0.29) is 0 Å². The van der Waals surface area contributed by atoms with Gasteiger partial charge in [0.1, 0.15) is 0 Å². The molecule has 1 aliphatic rings. The van der Waals surface area contributed by atoms with E-state index in [0.717, 1.165) is 39.1 Å². The highest BCUT2D eigenvalue weighted by Crippen LogP contribution is 2.16. The van der Waals surface area contributed by atoms with Crippen molar-refractivity contribution in [2.45, 2.75) is 32.4 Å². The highest BCUT2D eigenvalue weighted by atomic mass is 32.1. The van der Waals surface area contributed by atoms with Crippen LogP contribution in [-0.2, 0) is 13.0 Å². The summed E-state index contributed by atoms with van der Waals surface area (Å²) in [5, 5.41) is 3.47. The van der Waals surface area contributed by atoms with Crippen LogP contribution in [-0.4, -0.2) is 54.1 Å². The molecule has 0 bridgehead atoms. The van der Waals surface area contributed by atoms with Crippen molar-refractivity contribution in [1.29, 1.82) is 0 Å². The Kier molecular flexibility index (Phi) is 5.12. The van der Waals surface area contributed by atoms with Gasteiger partial charge in [-0.1, -0.05) is 6.92 Å². The van der Waals surface area contributed by atoms with Crippen LogP contribution < -0.4 is 5.73 Å². The lowest BCUT2D eigenvalue weighted by Gasteiger charge is -2.39. The molecule has 1 aromatic heterocycles. The maximum Gasteiger partial charge on any atom is 0.0928 e. The molecule has 0 spiro atoms. The molecule has 1 saturated heterocycles. The fourth-order valence-corrected chi connectivity index (χ4v) is 3.33. The largest absolute Gasteiger partial charge is 0.329 e. The van der Waals surface area contributed by atoms with Crippen LogP contribution in [0.15, 0.2) is 5.38 Å².